The van der Waals surface area contributed by atoms with Crippen LogP contribution in [-0.4, -0.2) is 55.3 Å². The minimum absolute atomic E-state index is 0.0823. The van der Waals surface area contributed by atoms with Crippen LogP contribution in [0.1, 0.15) is 23.7 Å². The Bertz CT molecular complexity index is 487. The van der Waals surface area contributed by atoms with Crippen LogP contribution in [0.15, 0.2) is 24.3 Å². The van der Waals surface area contributed by atoms with Gasteiger partial charge in [-0.1, -0.05) is 6.07 Å². The highest BCUT2D eigenvalue weighted by molar-refractivity contribution is 5.94. The van der Waals surface area contributed by atoms with Gasteiger partial charge in [0.1, 0.15) is 5.75 Å². The van der Waals surface area contributed by atoms with Gasteiger partial charge in [-0.15, -0.1) is 0 Å². The first-order valence-corrected chi connectivity index (χ1v) is 6.66. The number of ether oxygens (including phenoxy) is 2. The van der Waals surface area contributed by atoms with Gasteiger partial charge in [0.2, 0.25) is 0 Å². The van der Waals surface area contributed by atoms with Crippen LogP contribution in [0.3, 0.4) is 0 Å². The molecule has 6 nitrogen and oxygen atoms in total. The Morgan fingerprint density at radius 2 is 2.05 bits per heavy atom. The zero-order valence-corrected chi connectivity index (χ0v) is 12.5. The maximum Gasteiger partial charge on any atom is 0.307 e. The molecular weight excluding hydrogens is 274 g/mol. The van der Waals surface area contributed by atoms with Gasteiger partial charge in [-0.05, 0) is 25.1 Å². The molecule has 1 N–H and O–H groups in total. The summed E-state index contributed by atoms with van der Waals surface area (Å²) in [5.74, 6) is -0.0893. The zero-order valence-electron chi connectivity index (χ0n) is 12.5. The lowest BCUT2D eigenvalue weighted by molar-refractivity contribution is -0.140. The Morgan fingerprint density at radius 1 is 1.33 bits per heavy atom. The van der Waals surface area contributed by atoms with Gasteiger partial charge in [-0.2, -0.15) is 0 Å². The second kappa shape index (κ2) is 8.26. The first-order chi connectivity index (χ1) is 9.97. The molecule has 0 radical (unpaired) electrons. The number of aliphatic hydroxyl groups excluding tert-OH is 1. The molecule has 116 valence electrons. The standard InChI is InChI=1S/C15H21NO5/c1-11(17)10-16(8-7-14(18)21-3)15(19)12-5-4-6-13(9-12)20-2/h4-6,9,11,17H,7-8,10H2,1-3H3. The van der Waals surface area contributed by atoms with E-state index in [1.54, 1.807) is 31.2 Å². The summed E-state index contributed by atoms with van der Waals surface area (Å²) < 4.78 is 9.66. The van der Waals surface area contributed by atoms with Crippen molar-refractivity contribution in [3.63, 3.8) is 0 Å². The average molecular weight is 295 g/mol. The topological polar surface area (TPSA) is 76.1 Å². The highest BCUT2D eigenvalue weighted by atomic mass is 16.5. The molecule has 0 spiro atoms. The van der Waals surface area contributed by atoms with Gasteiger partial charge in [-0.3, -0.25) is 9.59 Å². The molecule has 21 heavy (non-hydrogen) atoms. The Hall–Kier alpha value is -2.08. The Kier molecular flexibility index (Phi) is 6.68. The van der Waals surface area contributed by atoms with E-state index in [1.165, 1.54) is 19.1 Å². The second-order valence-corrected chi connectivity index (χ2v) is 4.66. The van der Waals surface area contributed by atoms with Crippen LogP contribution in [0.25, 0.3) is 0 Å². The maximum atomic E-state index is 12.5. The fraction of sp³-hybridized carbons (Fsp3) is 0.467. The number of benzene rings is 1. The minimum Gasteiger partial charge on any atom is -0.497 e. The molecule has 1 rings (SSSR count). The van der Waals surface area contributed by atoms with Crippen molar-refractivity contribution < 1.29 is 24.2 Å². The zero-order chi connectivity index (χ0) is 15.8. The van der Waals surface area contributed by atoms with Gasteiger partial charge < -0.3 is 19.5 Å². The first kappa shape index (κ1) is 17.0. The predicted octanol–water partition coefficient (Wildman–Crippen LogP) is 1.08. The van der Waals surface area contributed by atoms with Crippen LogP contribution in [-0.2, 0) is 9.53 Å². The fourth-order valence-electron chi connectivity index (χ4n) is 1.86. The first-order valence-electron chi connectivity index (χ1n) is 6.66. The summed E-state index contributed by atoms with van der Waals surface area (Å²) in [6, 6.07) is 6.74. The van der Waals surface area contributed by atoms with E-state index in [0.717, 1.165) is 0 Å². The number of nitrogens with zero attached hydrogens (tertiary/aromatic N) is 1. The van der Waals surface area contributed by atoms with E-state index in [-0.39, 0.29) is 25.4 Å². The third-order valence-corrected chi connectivity index (χ3v) is 2.90. The molecule has 1 atom stereocenters. The number of aliphatic hydroxyl groups is 1. The maximum absolute atomic E-state index is 12.5. The number of rotatable bonds is 7. The Morgan fingerprint density at radius 3 is 2.62 bits per heavy atom. The van der Waals surface area contributed by atoms with Crippen LogP contribution < -0.4 is 4.74 Å². The molecule has 1 amide bonds. The van der Waals surface area contributed by atoms with Crippen LogP contribution in [0.5, 0.6) is 5.75 Å². The molecule has 0 fully saturated rings. The summed E-state index contributed by atoms with van der Waals surface area (Å²) in [7, 11) is 2.82. The fourth-order valence-corrected chi connectivity index (χ4v) is 1.86. The van der Waals surface area contributed by atoms with E-state index in [1.807, 2.05) is 0 Å². The number of methoxy groups -OCH3 is 2. The molecule has 0 bridgehead atoms. The summed E-state index contributed by atoms with van der Waals surface area (Å²) in [4.78, 5) is 25.1. The van der Waals surface area contributed by atoms with Crippen LogP contribution in [0.2, 0.25) is 0 Å². The third-order valence-electron chi connectivity index (χ3n) is 2.90. The smallest absolute Gasteiger partial charge is 0.307 e. The second-order valence-electron chi connectivity index (χ2n) is 4.66. The van der Waals surface area contributed by atoms with E-state index in [2.05, 4.69) is 4.74 Å². The minimum atomic E-state index is -0.683. The van der Waals surface area contributed by atoms with Gasteiger partial charge in [0.15, 0.2) is 0 Å². The lowest BCUT2D eigenvalue weighted by Gasteiger charge is -2.24. The predicted molar refractivity (Wildman–Crippen MR) is 77.2 cm³/mol. The van der Waals surface area contributed by atoms with E-state index in [4.69, 9.17) is 4.74 Å². The molecule has 0 aliphatic heterocycles. The molecule has 0 heterocycles. The van der Waals surface area contributed by atoms with Crippen molar-refractivity contribution in [3.05, 3.63) is 29.8 Å². The molecule has 0 saturated heterocycles. The third kappa shape index (κ3) is 5.43. The van der Waals surface area contributed by atoms with Gasteiger partial charge in [0, 0.05) is 18.7 Å². The molecule has 1 aromatic carbocycles. The van der Waals surface area contributed by atoms with Gasteiger partial charge in [0.05, 0.1) is 26.7 Å². The highest BCUT2D eigenvalue weighted by Gasteiger charge is 2.19. The molecule has 1 unspecified atom stereocenters. The van der Waals surface area contributed by atoms with Crippen molar-refractivity contribution in [2.75, 3.05) is 27.3 Å². The number of esters is 1. The van der Waals surface area contributed by atoms with Crippen molar-refractivity contribution in [3.8, 4) is 5.75 Å². The molecule has 6 heteroatoms. The lowest BCUT2D eigenvalue weighted by Crippen LogP contribution is -2.38. The normalized spacial score (nSPS) is 11.6. The number of carbonyl (C=O) groups excluding carboxylic acids is 2. The van der Waals surface area contributed by atoms with Crippen molar-refractivity contribution >= 4 is 11.9 Å². The van der Waals surface area contributed by atoms with Gasteiger partial charge in [0.25, 0.3) is 5.91 Å². The molecule has 0 saturated carbocycles. The number of hydrogen-bond acceptors (Lipinski definition) is 5. The van der Waals surface area contributed by atoms with Crippen molar-refractivity contribution in [1.82, 2.24) is 4.90 Å². The summed E-state index contributed by atoms with van der Waals surface area (Å²) >= 11 is 0. The number of amides is 1. The molecule has 0 aliphatic carbocycles. The SMILES string of the molecule is COC(=O)CCN(CC(C)O)C(=O)c1cccc(OC)c1. The summed E-state index contributed by atoms with van der Waals surface area (Å²) in [6.45, 7) is 1.92. The van der Waals surface area contributed by atoms with Crippen molar-refractivity contribution in [2.45, 2.75) is 19.4 Å². The molecular formula is C15H21NO5. The van der Waals surface area contributed by atoms with E-state index in [9.17, 15) is 14.7 Å². The largest absolute Gasteiger partial charge is 0.497 e. The van der Waals surface area contributed by atoms with Crippen LogP contribution >= 0.6 is 0 Å². The quantitative estimate of drug-likeness (QED) is 0.762. The summed E-state index contributed by atoms with van der Waals surface area (Å²) in [5.41, 5.74) is 0.444. The molecule has 0 aliphatic rings. The molecule has 0 aromatic heterocycles. The van der Waals surface area contributed by atoms with E-state index < -0.39 is 12.1 Å². The van der Waals surface area contributed by atoms with Crippen LogP contribution in [0, 0.1) is 0 Å². The highest BCUT2D eigenvalue weighted by Crippen LogP contribution is 2.15. The number of carbonyl (C=O) groups is 2. The average Bonchev–Trinajstić information content (AvgIpc) is 2.49. The van der Waals surface area contributed by atoms with E-state index in [0.29, 0.717) is 11.3 Å². The number of hydrogen-bond donors (Lipinski definition) is 1. The monoisotopic (exact) mass is 295 g/mol. The summed E-state index contributed by atoms with van der Waals surface area (Å²) in [5, 5.41) is 9.51. The Labute approximate surface area is 124 Å². The van der Waals surface area contributed by atoms with Crippen molar-refractivity contribution in [2.24, 2.45) is 0 Å². The van der Waals surface area contributed by atoms with Gasteiger partial charge >= 0.3 is 5.97 Å². The lowest BCUT2D eigenvalue weighted by atomic mass is 10.1. The molecule has 1 aromatic rings. The van der Waals surface area contributed by atoms with E-state index >= 15 is 0 Å². The summed E-state index contributed by atoms with van der Waals surface area (Å²) in [6.07, 6.45) is -0.601. The van der Waals surface area contributed by atoms with Gasteiger partial charge in [-0.25, -0.2) is 0 Å². The van der Waals surface area contributed by atoms with Crippen LogP contribution in [0.4, 0.5) is 0 Å². The Balaban J connectivity index is 2.84. The van der Waals surface area contributed by atoms with Crippen molar-refractivity contribution in [1.29, 1.82) is 0 Å².